The number of carboxylic acids is 1. The monoisotopic (exact) mass is 291 g/mol. The Bertz CT molecular complexity index is 435. The van der Waals surface area contributed by atoms with Crippen molar-refractivity contribution in [3.05, 3.63) is 0 Å². The molecule has 0 spiro atoms. The van der Waals surface area contributed by atoms with E-state index in [4.69, 9.17) is 9.84 Å². The predicted octanol–water partition coefficient (Wildman–Crippen LogP) is 0.128. The third kappa shape index (κ3) is 4.15. The molecule has 0 aromatic rings. The van der Waals surface area contributed by atoms with E-state index in [-0.39, 0.29) is 36.3 Å². The Morgan fingerprint density at radius 3 is 2.58 bits per heavy atom. The second-order valence-corrected chi connectivity index (χ2v) is 7.75. The highest BCUT2D eigenvalue weighted by Crippen LogP contribution is 2.23. The van der Waals surface area contributed by atoms with Gasteiger partial charge in [-0.3, -0.25) is 9.69 Å². The van der Waals surface area contributed by atoms with Crippen LogP contribution in [0.5, 0.6) is 0 Å². The average molecular weight is 291 g/mol. The molecule has 0 bridgehead atoms. The lowest BCUT2D eigenvalue weighted by Crippen LogP contribution is -2.44. The Morgan fingerprint density at radius 2 is 2.11 bits per heavy atom. The van der Waals surface area contributed by atoms with E-state index < -0.39 is 15.8 Å². The van der Waals surface area contributed by atoms with Crippen LogP contribution in [0.25, 0.3) is 0 Å². The maximum absolute atomic E-state index is 11.5. The number of nitrogens with zero attached hydrogens (tertiary/aromatic N) is 1. The quantitative estimate of drug-likeness (QED) is 0.775. The predicted molar refractivity (Wildman–Crippen MR) is 69.8 cm³/mol. The SMILES string of the molecule is CC1CCC(CN(CC(=O)O)C2CCS(=O)(=O)C2)O1. The van der Waals surface area contributed by atoms with Gasteiger partial charge in [0.2, 0.25) is 0 Å². The van der Waals surface area contributed by atoms with Crippen molar-refractivity contribution in [3.63, 3.8) is 0 Å². The summed E-state index contributed by atoms with van der Waals surface area (Å²) in [5.41, 5.74) is 0. The lowest BCUT2D eigenvalue weighted by molar-refractivity contribution is -0.139. The zero-order valence-corrected chi connectivity index (χ0v) is 11.9. The molecule has 0 aliphatic carbocycles. The standard InChI is InChI=1S/C12H21NO5S/c1-9-2-3-11(18-9)6-13(7-12(14)15)10-4-5-19(16,17)8-10/h9-11H,2-8H2,1H3,(H,14,15). The average Bonchev–Trinajstić information content (AvgIpc) is 2.83. The first-order chi connectivity index (χ1) is 8.85. The molecule has 2 rings (SSSR count). The third-order valence-electron chi connectivity index (χ3n) is 3.82. The van der Waals surface area contributed by atoms with Gasteiger partial charge in [-0.2, -0.15) is 0 Å². The van der Waals surface area contributed by atoms with Gasteiger partial charge in [0.1, 0.15) is 0 Å². The number of carboxylic acid groups (broad SMARTS) is 1. The lowest BCUT2D eigenvalue weighted by atomic mass is 10.1. The molecule has 0 amide bonds. The van der Waals surface area contributed by atoms with Gasteiger partial charge in [0, 0.05) is 12.6 Å². The molecule has 0 radical (unpaired) electrons. The maximum Gasteiger partial charge on any atom is 0.317 e. The van der Waals surface area contributed by atoms with Crippen molar-refractivity contribution in [3.8, 4) is 0 Å². The number of sulfone groups is 1. The molecule has 1 N–H and O–H groups in total. The summed E-state index contributed by atoms with van der Waals surface area (Å²) in [6.07, 6.45) is 2.66. The van der Waals surface area contributed by atoms with Gasteiger partial charge in [-0.05, 0) is 26.2 Å². The number of aliphatic carboxylic acids is 1. The molecular formula is C12H21NO5S. The minimum atomic E-state index is -3.00. The van der Waals surface area contributed by atoms with Gasteiger partial charge in [-0.15, -0.1) is 0 Å². The van der Waals surface area contributed by atoms with Crippen LogP contribution in [0.4, 0.5) is 0 Å². The van der Waals surface area contributed by atoms with Crippen LogP contribution >= 0.6 is 0 Å². The zero-order chi connectivity index (χ0) is 14.0. The molecular weight excluding hydrogens is 270 g/mol. The van der Waals surface area contributed by atoms with E-state index >= 15 is 0 Å². The molecule has 3 unspecified atom stereocenters. The number of hydrogen-bond donors (Lipinski definition) is 1. The molecule has 2 fully saturated rings. The van der Waals surface area contributed by atoms with Crippen LogP contribution < -0.4 is 0 Å². The van der Waals surface area contributed by atoms with E-state index in [2.05, 4.69) is 0 Å². The summed E-state index contributed by atoms with van der Waals surface area (Å²) in [4.78, 5) is 12.7. The fourth-order valence-electron chi connectivity index (χ4n) is 2.86. The highest BCUT2D eigenvalue weighted by molar-refractivity contribution is 7.91. The highest BCUT2D eigenvalue weighted by Gasteiger charge is 2.35. The van der Waals surface area contributed by atoms with Crippen molar-refractivity contribution in [2.45, 2.75) is 44.4 Å². The Hall–Kier alpha value is -0.660. The van der Waals surface area contributed by atoms with Gasteiger partial charge in [0.15, 0.2) is 9.84 Å². The number of ether oxygens (including phenoxy) is 1. The maximum atomic E-state index is 11.5. The molecule has 0 saturated carbocycles. The third-order valence-corrected chi connectivity index (χ3v) is 5.57. The van der Waals surface area contributed by atoms with Gasteiger partial charge in [-0.25, -0.2) is 8.42 Å². The summed E-state index contributed by atoms with van der Waals surface area (Å²) in [6.45, 7) is 2.40. The first-order valence-electron chi connectivity index (χ1n) is 6.67. The number of rotatable bonds is 5. The molecule has 6 nitrogen and oxygen atoms in total. The van der Waals surface area contributed by atoms with Crippen LogP contribution in [0.15, 0.2) is 0 Å². The molecule has 2 aliphatic rings. The van der Waals surface area contributed by atoms with Gasteiger partial charge in [-0.1, -0.05) is 0 Å². The molecule has 0 aromatic carbocycles. The molecule has 19 heavy (non-hydrogen) atoms. The number of carbonyl (C=O) groups is 1. The first-order valence-corrected chi connectivity index (χ1v) is 8.49. The van der Waals surface area contributed by atoms with E-state index in [1.165, 1.54) is 0 Å². The van der Waals surface area contributed by atoms with Crippen LogP contribution in [0.2, 0.25) is 0 Å². The van der Waals surface area contributed by atoms with Crippen molar-refractivity contribution in [2.75, 3.05) is 24.6 Å². The molecule has 7 heteroatoms. The second-order valence-electron chi connectivity index (χ2n) is 5.53. The van der Waals surface area contributed by atoms with E-state index in [1.54, 1.807) is 4.90 Å². The summed E-state index contributed by atoms with van der Waals surface area (Å²) in [6, 6.07) is -0.180. The lowest BCUT2D eigenvalue weighted by Gasteiger charge is -2.28. The summed E-state index contributed by atoms with van der Waals surface area (Å²) in [5.74, 6) is -0.687. The van der Waals surface area contributed by atoms with Crippen molar-refractivity contribution in [1.29, 1.82) is 0 Å². The second kappa shape index (κ2) is 5.76. The summed E-state index contributed by atoms with van der Waals surface area (Å²) >= 11 is 0. The largest absolute Gasteiger partial charge is 0.480 e. The number of hydrogen-bond acceptors (Lipinski definition) is 5. The van der Waals surface area contributed by atoms with E-state index in [1.807, 2.05) is 6.92 Å². The Morgan fingerprint density at radius 1 is 1.37 bits per heavy atom. The Labute approximate surface area is 113 Å². The molecule has 2 saturated heterocycles. The van der Waals surface area contributed by atoms with Crippen molar-refractivity contribution in [1.82, 2.24) is 4.90 Å². The summed E-state index contributed by atoms with van der Waals surface area (Å²) in [7, 11) is -3.00. The Balaban J connectivity index is 1.98. The van der Waals surface area contributed by atoms with Crippen LogP contribution in [-0.2, 0) is 19.4 Å². The highest BCUT2D eigenvalue weighted by atomic mass is 32.2. The summed E-state index contributed by atoms with van der Waals surface area (Å²) in [5, 5.41) is 8.97. The fraction of sp³-hybridized carbons (Fsp3) is 0.917. The van der Waals surface area contributed by atoms with Crippen LogP contribution in [0, 0.1) is 0 Å². The molecule has 3 atom stereocenters. The smallest absolute Gasteiger partial charge is 0.317 e. The van der Waals surface area contributed by atoms with Crippen molar-refractivity contribution in [2.24, 2.45) is 0 Å². The molecule has 2 aliphatic heterocycles. The van der Waals surface area contributed by atoms with Gasteiger partial charge >= 0.3 is 5.97 Å². The van der Waals surface area contributed by atoms with Crippen LogP contribution in [-0.4, -0.2) is 67.2 Å². The Kier molecular flexibility index (Phi) is 4.47. The molecule has 2 heterocycles. The van der Waals surface area contributed by atoms with Crippen molar-refractivity contribution >= 4 is 15.8 Å². The van der Waals surface area contributed by atoms with E-state index in [9.17, 15) is 13.2 Å². The van der Waals surface area contributed by atoms with Gasteiger partial charge in [0.25, 0.3) is 0 Å². The normalized spacial score (nSPS) is 33.9. The topological polar surface area (TPSA) is 83.9 Å². The molecule has 110 valence electrons. The minimum Gasteiger partial charge on any atom is -0.480 e. The van der Waals surface area contributed by atoms with Gasteiger partial charge in [0.05, 0.1) is 30.3 Å². The van der Waals surface area contributed by atoms with Crippen LogP contribution in [0.1, 0.15) is 26.2 Å². The zero-order valence-electron chi connectivity index (χ0n) is 11.1. The van der Waals surface area contributed by atoms with Crippen molar-refractivity contribution < 1.29 is 23.1 Å². The van der Waals surface area contributed by atoms with Crippen LogP contribution in [0.3, 0.4) is 0 Å². The fourth-order valence-corrected chi connectivity index (χ4v) is 4.62. The molecule has 0 aromatic heterocycles. The summed E-state index contributed by atoms with van der Waals surface area (Å²) < 4.78 is 28.7. The van der Waals surface area contributed by atoms with Gasteiger partial charge < -0.3 is 9.84 Å². The van der Waals surface area contributed by atoms with E-state index in [0.717, 1.165) is 12.8 Å². The first kappa shape index (κ1) is 14.7. The minimum absolute atomic E-state index is 0.0256. The van der Waals surface area contributed by atoms with E-state index in [0.29, 0.717) is 13.0 Å².